The molecule has 0 radical (unpaired) electrons. The van der Waals surface area contributed by atoms with E-state index in [-0.39, 0.29) is 11.9 Å². The molecule has 3 N–H and O–H groups in total. The van der Waals surface area contributed by atoms with Crippen molar-refractivity contribution < 1.29 is 9.90 Å². The van der Waals surface area contributed by atoms with E-state index in [1.54, 1.807) is 25.4 Å². The molecule has 1 amide bonds. The summed E-state index contributed by atoms with van der Waals surface area (Å²) in [5.41, 5.74) is 0.566. The van der Waals surface area contributed by atoms with Gasteiger partial charge in [0.1, 0.15) is 5.82 Å². The number of carbonyl (C=O) groups is 1. The second kappa shape index (κ2) is 6.52. The molecule has 5 nitrogen and oxygen atoms in total. The van der Waals surface area contributed by atoms with Crippen LogP contribution < -0.4 is 10.6 Å². The first kappa shape index (κ1) is 13.8. The molecule has 19 heavy (non-hydrogen) atoms. The normalized spacial score (nSPS) is 23.5. The Morgan fingerprint density at radius 2 is 2.16 bits per heavy atom. The van der Waals surface area contributed by atoms with Gasteiger partial charge in [-0.15, -0.1) is 0 Å². The average Bonchev–Trinajstić information content (AvgIpc) is 2.64. The number of aliphatic hydroxyl groups excluding tert-OH is 1. The van der Waals surface area contributed by atoms with Gasteiger partial charge in [0.15, 0.2) is 0 Å². The highest BCUT2D eigenvalue weighted by Gasteiger charge is 2.23. The second-order valence-corrected chi connectivity index (χ2v) is 4.97. The number of hydrogen-bond acceptors (Lipinski definition) is 4. The van der Waals surface area contributed by atoms with Gasteiger partial charge in [-0.3, -0.25) is 4.79 Å². The fourth-order valence-corrected chi connectivity index (χ4v) is 2.42. The number of anilines is 1. The number of carbonyl (C=O) groups excluding carboxylic acids is 1. The number of nitrogens with zero attached hydrogens (tertiary/aromatic N) is 1. The summed E-state index contributed by atoms with van der Waals surface area (Å²) in [4.78, 5) is 16.2. The molecule has 0 aromatic carbocycles. The summed E-state index contributed by atoms with van der Waals surface area (Å²) in [6.45, 7) is 0. The molecule has 1 heterocycles. The molecule has 0 aliphatic heterocycles. The van der Waals surface area contributed by atoms with Crippen LogP contribution in [0.2, 0.25) is 0 Å². The zero-order valence-electron chi connectivity index (χ0n) is 11.2. The molecule has 2 rings (SSSR count). The summed E-state index contributed by atoms with van der Waals surface area (Å²) in [6.07, 6.45) is 6.00. The van der Waals surface area contributed by atoms with Gasteiger partial charge in [0.05, 0.1) is 12.1 Å². The number of amides is 1. The first-order chi connectivity index (χ1) is 9.20. The van der Waals surface area contributed by atoms with Crippen LogP contribution in [0.1, 0.15) is 42.5 Å². The molecule has 0 saturated heterocycles. The van der Waals surface area contributed by atoms with Crippen molar-refractivity contribution in [2.24, 2.45) is 0 Å². The van der Waals surface area contributed by atoms with E-state index in [0.29, 0.717) is 11.4 Å². The van der Waals surface area contributed by atoms with Gasteiger partial charge in [0.2, 0.25) is 0 Å². The van der Waals surface area contributed by atoms with E-state index < -0.39 is 6.10 Å². The van der Waals surface area contributed by atoms with E-state index in [4.69, 9.17) is 0 Å². The van der Waals surface area contributed by atoms with Crippen LogP contribution in [0.15, 0.2) is 18.3 Å². The van der Waals surface area contributed by atoms with Crippen molar-refractivity contribution in [3.05, 3.63) is 23.9 Å². The number of nitrogens with one attached hydrogen (secondary N) is 2. The van der Waals surface area contributed by atoms with E-state index >= 15 is 0 Å². The Kier molecular flexibility index (Phi) is 4.74. The lowest BCUT2D eigenvalue weighted by atomic mass is 10.1. The van der Waals surface area contributed by atoms with E-state index in [1.807, 2.05) is 0 Å². The minimum atomic E-state index is -0.433. The highest BCUT2D eigenvalue weighted by Crippen LogP contribution is 2.18. The van der Waals surface area contributed by atoms with Crippen molar-refractivity contribution in [3.8, 4) is 0 Å². The highest BCUT2D eigenvalue weighted by molar-refractivity contribution is 5.95. The third-order valence-corrected chi connectivity index (χ3v) is 3.57. The van der Waals surface area contributed by atoms with Crippen LogP contribution >= 0.6 is 0 Å². The van der Waals surface area contributed by atoms with Crippen LogP contribution in [-0.4, -0.2) is 35.2 Å². The quantitative estimate of drug-likeness (QED) is 0.723. The van der Waals surface area contributed by atoms with Gasteiger partial charge in [-0.2, -0.15) is 0 Å². The van der Waals surface area contributed by atoms with Crippen molar-refractivity contribution >= 4 is 11.7 Å². The molecule has 1 fully saturated rings. The Morgan fingerprint density at radius 3 is 2.95 bits per heavy atom. The lowest BCUT2D eigenvalue weighted by Gasteiger charge is -2.21. The second-order valence-electron chi connectivity index (χ2n) is 4.97. The Labute approximate surface area is 113 Å². The van der Waals surface area contributed by atoms with Gasteiger partial charge < -0.3 is 15.7 Å². The summed E-state index contributed by atoms with van der Waals surface area (Å²) in [5, 5.41) is 15.8. The Hall–Kier alpha value is -1.62. The monoisotopic (exact) mass is 263 g/mol. The molecule has 0 bridgehead atoms. The van der Waals surface area contributed by atoms with Crippen LogP contribution in [0.25, 0.3) is 0 Å². The molecule has 1 saturated carbocycles. The molecule has 1 aliphatic carbocycles. The fourth-order valence-electron chi connectivity index (χ4n) is 2.42. The Morgan fingerprint density at radius 1 is 1.37 bits per heavy atom. The van der Waals surface area contributed by atoms with E-state index in [0.717, 1.165) is 32.1 Å². The molecule has 104 valence electrons. The van der Waals surface area contributed by atoms with E-state index in [9.17, 15) is 9.90 Å². The highest BCUT2D eigenvalue weighted by atomic mass is 16.3. The van der Waals surface area contributed by atoms with Crippen LogP contribution in [0.4, 0.5) is 5.82 Å². The minimum Gasteiger partial charge on any atom is -0.391 e. The van der Waals surface area contributed by atoms with Crippen LogP contribution in [0.3, 0.4) is 0 Å². The number of hydrogen-bond donors (Lipinski definition) is 3. The smallest absolute Gasteiger partial charge is 0.251 e. The van der Waals surface area contributed by atoms with Gasteiger partial charge in [-0.1, -0.05) is 19.3 Å². The number of aliphatic hydroxyl groups is 1. The largest absolute Gasteiger partial charge is 0.391 e. The molecular formula is C14H21N3O2. The summed E-state index contributed by atoms with van der Waals surface area (Å²) in [5.74, 6) is 0.513. The Bertz CT molecular complexity index is 436. The van der Waals surface area contributed by atoms with E-state index in [2.05, 4.69) is 15.6 Å². The van der Waals surface area contributed by atoms with Crippen molar-refractivity contribution in [1.29, 1.82) is 0 Å². The minimum absolute atomic E-state index is 0.138. The molecule has 0 spiro atoms. The zero-order chi connectivity index (χ0) is 13.7. The summed E-state index contributed by atoms with van der Waals surface area (Å²) in [7, 11) is 1.76. The maximum absolute atomic E-state index is 12.2. The van der Waals surface area contributed by atoms with Gasteiger partial charge in [0, 0.05) is 18.8 Å². The van der Waals surface area contributed by atoms with Crippen molar-refractivity contribution in [3.63, 3.8) is 0 Å². The molecule has 1 aromatic heterocycles. The molecular weight excluding hydrogens is 242 g/mol. The van der Waals surface area contributed by atoms with Gasteiger partial charge in [0.25, 0.3) is 5.91 Å². The van der Waals surface area contributed by atoms with Crippen LogP contribution in [0.5, 0.6) is 0 Å². The first-order valence-corrected chi connectivity index (χ1v) is 6.83. The summed E-state index contributed by atoms with van der Waals surface area (Å²) in [6, 6.07) is 3.25. The maximum atomic E-state index is 12.2. The van der Waals surface area contributed by atoms with Gasteiger partial charge in [-0.05, 0) is 25.0 Å². The van der Waals surface area contributed by atoms with E-state index in [1.165, 1.54) is 0 Å². The number of pyridine rings is 1. The fraction of sp³-hybridized carbons (Fsp3) is 0.571. The lowest BCUT2D eigenvalue weighted by molar-refractivity contribution is 0.0818. The standard InChI is InChI=1S/C14H21N3O2/c1-15-13-9-10(7-8-16-13)14(19)17-11-5-3-2-4-6-12(11)18/h7-9,11-12,18H,2-6H2,1H3,(H,15,16)(H,17,19). The topological polar surface area (TPSA) is 74.2 Å². The third kappa shape index (κ3) is 3.67. The predicted octanol–water partition coefficient (Wildman–Crippen LogP) is 1.55. The van der Waals surface area contributed by atoms with Crippen molar-refractivity contribution in [1.82, 2.24) is 10.3 Å². The average molecular weight is 263 g/mol. The molecule has 1 aromatic rings. The molecule has 1 aliphatic rings. The summed E-state index contributed by atoms with van der Waals surface area (Å²) >= 11 is 0. The maximum Gasteiger partial charge on any atom is 0.251 e. The Balaban J connectivity index is 2.02. The predicted molar refractivity (Wildman–Crippen MR) is 74.1 cm³/mol. The molecule has 2 atom stereocenters. The summed E-state index contributed by atoms with van der Waals surface area (Å²) < 4.78 is 0. The van der Waals surface area contributed by atoms with Gasteiger partial charge >= 0.3 is 0 Å². The molecule has 5 heteroatoms. The SMILES string of the molecule is CNc1cc(C(=O)NC2CCCCCC2O)ccn1. The lowest BCUT2D eigenvalue weighted by Crippen LogP contribution is -2.42. The number of rotatable bonds is 3. The molecule has 2 unspecified atom stereocenters. The third-order valence-electron chi connectivity index (χ3n) is 3.57. The van der Waals surface area contributed by atoms with Gasteiger partial charge in [-0.25, -0.2) is 4.98 Å². The van der Waals surface area contributed by atoms with Crippen molar-refractivity contribution in [2.75, 3.05) is 12.4 Å². The van der Waals surface area contributed by atoms with Crippen LogP contribution in [0, 0.1) is 0 Å². The van der Waals surface area contributed by atoms with Crippen LogP contribution in [-0.2, 0) is 0 Å². The first-order valence-electron chi connectivity index (χ1n) is 6.83. The van der Waals surface area contributed by atoms with Crippen molar-refractivity contribution in [2.45, 2.75) is 44.2 Å². The number of aromatic nitrogens is 1. The zero-order valence-corrected chi connectivity index (χ0v) is 11.2.